The zero-order chi connectivity index (χ0) is 17.1. The van der Waals surface area contributed by atoms with E-state index in [2.05, 4.69) is 22.5 Å². The first-order valence-corrected chi connectivity index (χ1v) is 9.40. The van der Waals surface area contributed by atoms with Gasteiger partial charge in [-0.25, -0.2) is 4.98 Å². The molecular formula is C20H19N3OS. The van der Waals surface area contributed by atoms with E-state index in [-0.39, 0.29) is 5.91 Å². The molecule has 1 saturated heterocycles. The highest BCUT2D eigenvalue weighted by atomic mass is 32.1. The van der Waals surface area contributed by atoms with Crippen LogP contribution in [0.25, 0.3) is 11.3 Å². The number of carbonyl (C=O) groups is 1. The Morgan fingerprint density at radius 2 is 1.80 bits per heavy atom. The Labute approximate surface area is 151 Å². The van der Waals surface area contributed by atoms with Gasteiger partial charge in [-0.05, 0) is 25.0 Å². The fourth-order valence-electron chi connectivity index (χ4n) is 3.20. The second-order valence-corrected chi connectivity index (χ2v) is 7.11. The van der Waals surface area contributed by atoms with Gasteiger partial charge in [-0.1, -0.05) is 36.4 Å². The third-order valence-corrected chi connectivity index (χ3v) is 5.61. The highest BCUT2D eigenvalue weighted by molar-refractivity contribution is 7.10. The summed E-state index contributed by atoms with van der Waals surface area (Å²) in [6, 6.07) is 15.7. The fraction of sp³-hybridized carbons (Fsp3) is 0.250. The molecule has 0 atom stereocenters. The molecule has 2 aromatic heterocycles. The van der Waals surface area contributed by atoms with Gasteiger partial charge in [0, 0.05) is 36.1 Å². The molecule has 4 rings (SSSR count). The van der Waals surface area contributed by atoms with Crippen molar-refractivity contribution in [1.82, 2.24) is 14.9 Å². The van der Waals surface area contributed by atoms with Gasteiger partial charge in [0.1, 0.15) is 5.69 Å². The van der Waals surface area contributed by atoms with Crippen LogP contribution in [-0.2, 0) is 0 Å². The number of benzene rings is 1. The maximum absolute atomic E-state index is 12.5. The number of aromatic nitrogens is 2. The average Bonchev–Trinajstić information content (AvgIpc) is 3.19. The first-order chi connectivity index (χ1) is 12.3. The first kappa shape index (κ1) is 16.0. The minimum Gasteiger partial charge on any atom is -0.337 e. The van der Waals surface area contributed by atoms with E-state index in [1.165, 1.54) is 5.01 Å². The first-order valence-electron chi connectivity index (χ1n) is 8.52. The Morgan fingerprint density at radius 1 is 1.04 bits per heavy atom. The van der Waals surface area contributed by atoms with Crippen LogP contribution in [0, 0.1) is 0 Å². The van der Waals surface area contributed by atoms with Crippen LogP contribution in [-0.4, -0.2) is 33.9 Å². The smallest absolute Gasteiger partial charge is 0.272 e. The summed E-state index contributed by atoms with van der Waals surface area (Å²) >= 11 is 1.73. The molecule has 0 saturated carbocycles. The molecule has 0 unspecified atom stereocenters. The Bertz CT molecular complexity index is 840. The van der Waals surface area contributed by atoms with E-state index in [0.717, 1.165) is 37.2 Å². The molecule has 0 bridgehead atoms. The Morgan fingerprint density at radius 3 is 2.52 bits per heavy atom. The van der Waals surface area contributed by atoms with E-state index in [9.17, 15) is 4.79 Å². The lowest BCUT2D eigenvalue weighted by atomic mass is 9.97. The van der Waals surface area contributed by atoms with Crippen LogP contribution in [0.3, 0.4) is 0 Å². The van der Waals surface area contributed by atoms with Gasteiger partial charge in [-0.2, -0.15) is 0 Å². The topological polar surface area (TPSA) is 46.1 Å². The molecule has 0 N–H and O–H groups in total. The third kappa shape index (κ3) is 3.46. The summed E-state index contributed by atoms with van der Waals surface area (Å²) in [5.74, 6) is 0.471. The molecule has 3 heterocycles. The number of amides is 1. The summed E-state index contributed by atoms with van der Waals surface area (Å²) in [4.78, 5) is 23.4. The van der Waals surface area contributed by atoms with Crippen LogP contribution >= 0.6 is 11.3 Å². The molecule has 126 valence electrons. The molecule has 0 spiro atoms. The maximum atomic E-state index is 12.5. The monoisotopic (exact) mass is 349 g/mol. The zero-order valence-corrected chi connectivity index (χ0v) is 14.7. The van der Waals surface area contributed by atoms with E-state index in [0.29, 0.717) is 11.6 Å². The number of thiazole rings is 1. The summed E-state index contributed by atoms with van der Waals surface area (Å²) in [7, 11) is 0. The number of likely N-dealkylation sites (tertiary alicyclic amines) is 1. The highest BCUT2D eigenvalue weighted by Crippen LogP contribution is 2.33. The minimum absolute atomic E-state index is 0.0307. The van der Waals surface area contributed by atoms with Crippen molar-refractivity contribution in [3.05, 3.63) is 70.8 Å². The molecular weight excluding hydrogens is 330 g/mol. The Kier molecular flexibility index (Phi) is 4.57. The fourth-order valence-corrected chi connectivity index (χ4v) is 4.20. The van der Waals surface area contributed by atoms with Crippen LogP contribution in [0.4, 0.5) is 0 Å². The summed E-state index contributed by atoms with van der Waals surface area (Å²) in [5, 5.41) is 3.32. The highest BCUT2D eigenvalue weighted by Gasteiger charge is 2.26. The van der Waals surface area contributed by atoms with Gasteiger partial charge >= 0.3 is 0 Å². The predicted octanol–water partition coefficient (Wildman–Crippen LogP) is 4.22. The molecule has 25 heavy (non-hydrogen) atoms. The number of rotatable bonds is 3. The van der Waals surface area contributed by atoms with Crippen molar-refractivity contribution in [2.45, 2.75) is 18.8 Å². The summed E-state index contributed by atoms with van der Waals surface area (Å²) in [6.07, 6.45) is 3.58. The van der Waals surface area contributed by atoms with Crippen molar-refractivity contribution in [3.8, 4) is 11.3 Å². The van der Waals surface area contributed by atoms with E-state index >= 15 is 0 Å². The maximum Gasteiger partial charge on any atom is 0.272 e. The standard InChI is InChI=1S/C20H19N3OS/c24-20(17-8-4-5-11-21-17)23-12-9-16(10-13-23)19-22-18(14-25-19)15-6-2-1-3-7-15/h1-8,11,14,16H,9-10,12-13H2. The summed E-state index contributed by atoms with van der Waals surface area (Å²) < 4.78 is 0. The normalized spacial score (nSPS) is 15.3. The third-order valence-electron chi connectivity index (χ3n) is 4.61. The molecule has 1 fully saturated rings. The van der Waals surface area contributed by atoms with E-state index < -0.39 is 0 Å². The van der Waals surface area contributed by atoms with Crippen LogP contribution < -0.4 is 0 Å². The molecule has 1 aromatic carbocycles. The second-order valence-electron chi connectivity index (χ2n) is 6.22. The molecule has 1 aliphatic heterocycles. The lowest BCUT2D eigenvalue weighted by molar-refractivity contribution is 0.0707. The van der Waals surface area contributed by atoms with Crippen molar-refractivity contribution >= 4 is 17.2 Å². The van der Waals surface area contributed by atoms with Crippen LogP contribution in [0.1, 0.15) is 34.3 Å². The van der Waals surface area contributed by atoms with Crippen molar-refractivity contribution in [3.63, 3.8) is 0 Å². The average molecular weight is 349 g/mol. The molecule has 5 heteroatoms. The number of nitrogens with zero attached hydrogens (tertiary/aromatic N) is 3. The van der Waals surface area contributed by atoms with Gasteiger partial charge in [-0.3, -0.25) is 9.78 Å². The predicted molar refractivity (Wildman–Crippen MR) is 99.7 cm³/mol. The van der Waals surface area contributed by atoms with Gasteiger partial charge < -0.3 is 4.90 Å². The molecule has 0 radical (unpaired) electrons. The number of hydrogen-bond acceptors (Lipinski definition) is 4. The quantitative estimate of drug-likeness (QED) is 0.711. The van der Waals surface area contributed by atoms with Gasteiger partial charge in [0.25, 0.3) is 5.91 Å². The summed E-state index contributed by atoms with van der Waals surface area (Å²) in [6.45, 7) is 1.53. The zero-order valence-electron chi connectivity index (χ0n) is 13.8. The van der Waals surface area contributed by atoms with Gasteiger partial charge in [0.2, 0.25) is 0 Å². The van der Waals surface area contributed by atoms with E-state index in [4.69, 9.17) is 4.98 Å². The minimum atomic E-state index is 0.0307. The number of piperidine rings is 1. The summed E-state index contributed by atoms with van der Waals surface area (Å²) in [5.41, 5.74) is 2.74. The van der Waals surface area contributed by atoms with Crippen molar-refractivity contribution in [1.29, 1.82) is 0 Å². The van der Waals surface area contributed by atoms with Crippen LogP contribution in [0.2, 0.25) is 0 Å². The molecule has 0 aliphatic carbocycles. The van der Waals surface area contributed by atoms with E-state index in [1.807, 2.05) is 35.2 Å². The van der Waals surface area contributed by atoms with Crippen LogP contribution in [0.5, 0.6) is 0 Å². The number of pyridine rings is 1. The Balaban J connectivity index is 1.41. The molecule has 4 nitrogen and oxygen atoms in total. The van der Waals surface area contributed by atoms with Gasteiger partial charge in [0.15, 0.2) is 0 Å². The number of carbonyl (C=O) groups excluding carboxylic acids is 1. The van der Waals surface area contributed by atoms with Gasteiger partial charge in [0.05, 0.1) is 10.7 Å². The second kappa shape index (κ2) is 7.15. The van der Waals surface area contributed by atoms with Crippen molar-refractivity contribution in [2.24, 2.45) is 0 Å². The Hall–Kier alpha value is -2.53. The number of hydrogen-bond donors (Lipinski definition) is 0. The largest absolute Gasteiger partial charge is 0.337 e. The van der Waals surface area contributed by atoms with Crippen molar-refractivity contribution < 1.29 is 4.79 Å². The van der Waals surface area contributed by atoms with Crippen molar-refractivity contribution in [2.75, 3.05) is 13.1 Å². The molecule has 1 aliphatic rings. The SMILES string of the molecule is O=C(c1ccccn1)N1CCC(c2nc(-c3ccccc3)cs2)CC1. The molecule has 1 amide bonds. The lowest BCUT2D eigenvalue weighted by Gasteiger charge is -2.30. The van der Waals surface area contributed by atoms with Gasteiger partial charge in [-0.15, -0.1) is 11.3 Å². The lowest BCUT2D eigenvalue weighted by Crippen LogP contribution is -2.38. The van der Waals surface area contributed by atoms with E-state index in [1.54, 1.807) is 23.6 Å². The molecule has 3 aromatic rings. The van der Waals surface area contributed by atoms with Crippen LogP contribution in [0.15, 0.2) is 60.1 Å².